The van der Waals surface area contributed by atoms with Crippen molar-refractivity contribution in [1.82, 2.24) is 14.7 Å². The second-order valence-electron chi connectivity index (χ2n) is 13.9. The highest BCUT2D eigenvalue weighted by molar-refractivity contribution is 5.91. The van der Waals surface area contributed by atoms with Gasteiger partial charge in [0, 0.05) is 69.7 Å². The van der Waals surface area contributed by atoms with Gasteiger partial charge in [-0.15, -0.1) is 0 Å². The van der Waals surface area contributed by atoms with Gasteiger partial charge in [0.05, 0.1) is 12.2 Å². The molecule has 12 nitrogen and oxygen atoms in total. The third kappa shape index (κ3) is 8.43. The van der Waals surface area contributed by atoms with Gasteiger partial charge in [-0.3, -0.25) is 4.79 Å². The number of aryl methyl sites for hydroxylation is 2. The van der Waals surface area contributed by atoms with Gasteiger partial charge in [0.1, 0.15) is 5.75 Å². The SMILES string of the molecule is CCCOC(=O)c1ccc(N2CCN(C(=O)[C@@H](Cc3cc(C)c(O)c(C)c3)OC(=O)N3CCC(N4CCc5ccccc5NC4=O)CC3)CC2)cc1. The average Bonchev–Trinajstić information content (AvgIpc) is 3.33. The zero-order chi connectivity index (χ0) is 36.8. The minimum absolute atomic E-state index is 0.0129. The number of rotatable bonds is 9. The maximum absolute atomic E-state index is 14.1. The Morgan fingerprint density at radius 3 is 2.23 bits per heavy atom. The number of carbonyl (C=O) groups is 4. The van der Waals surface area contributed by atoms with Crippen LogP contribution in [0.4, 0.5) is 21.0 Å². The van der Waals surface area contributed by atoms with Crippen molar-refractivity contribution in [1.29, 1.82) is 0 Å². The normalized spacial score (nSPS) is 17.2. The minimum Gasteiger partial charge on any atom is -0.507 e. The second-order valence-corrected chi connectivity index (χ2v) is 13.9. The Bertz CT molecular complexity index is 1740. The number of hydrogen-bond acceptors (Lipinski definition) is 8. The van der Waals surface area contributed by atoms with E-state index in [1.165, 1.54) is 0 Å². The molecular formula is C40H49N5O7. The lowest BCUT2D eigenvalue weighted by molar-refractivity contribution is -0.141. The number of piperazine rings is 1. The molecule has 0 unspecified atom stereocenters. The van der Waals surface area contributed by atoms with Crippen LogP contribution >= 0.6 is 0 Å². The number of likely N-dealkylation sites (tertiary alicyclic amines) is 1. The first-order valence-corrected chi connectivity index (χ1v) is 18.3. The lowest BCUT2D eigenvalue weighted by Crippen LogP contribution is -2.54. The molecule has 4 amide bonds. The van der Waals surface area contributed by atoms with Gasteiger partial charge in [-0.25, -0.2) is 14.4 Å². The largest absolute Gasteiger partial charge is 0.507 e. The number of para-hydroxylation sites is 1. The molecule has 3 aliphatic heterocycles. The van der Waals surface area contributed by atoms with Crippen molar-refractivity contribution in [3.8, 4) is 5.75 Å². The number of aromatic hydroxyl groups is 1. The highest BCUT2D eigenvalue weighted by Gasteiger charge is 2.35. The summed E-state index contributed by atoms with van der Waals surface area (Å²) in [7, 11) is 0. The van der Waals surface area contributed by atoms with Gasteiger partial charge in [-0.1, -0.05) is 37.3 Å². The average molecular weight is 712 g/mol. The zero-order valence-corrected chi connectivity index (χ0v) is 30.3. The highest BCUT2D eigenvalue weighted by atomic mass is 16.6. The molecule has 2 saturated heterocycles. The monoisotopic (exact) mass is 711 g/mol. The number of urea groups is 1. The molecule has 0 spiro atoms. The molecule has 2 fully saturated rings. The number of nitrogens with zero attached hydrogens (tertiary/aromatic N) is 4. The van der Waals surface area contributed by atoms with Crippen molar-refractivity contribution < 1.29 is 33.8 Å². The molecule has 0 aromatic heterocycles. The van der Waals surface area contributed by atoms with E-state index >= 15 is 0 Å². The predicted octanol–water partition coefficient (Wildman–Crippen LogP) is 5.53. The molecule has 52 heavy (non-hydrogen) atoms. The molecule has 276 valence electrons. The number of benzene rings is 3. The standard InChI is InChI=1S/C40H49N5O7/c1-4-23-51-38(48)31-9-11-32(12-10-31)42-19-21-43(22-20-42)37(47)35(26-29-24-27(2)36(46)28(3)25-29)52-40(50)44-16-14-33(15-17-44)45-18-13-30-7-5-6-8-34(30)41-39(45)49/h5-12,24-25,33,35,46H,4,13-23,26H2,1-3H3,(H,41,49)/t35-/m1/s1. The number of phenols is 1. The maximum Gasteiger partial charge on any atom is 0.410 e. The van der Waals surface area contributed by atoms with Crippen molar-refractivity contribution in [2.45, 2.75) is 65.0 Å². The first-order chi connectivity index (χ1) is 25.1. The van der Waals surface area contributed by atoms with E-state index in [4.69, 9.17) is 9.47 Å². The summed E-state index contributed by atoms with van der Waals surface area (Å²) < 4.78 is 11.3. The molecule has 0 saturated carbocycles. The number of hydrogen-bond donors (Lipinski definition) is 2. The predicted molar refractivity (Wildman–Crippen MR) is 198 cm³/mol. The van der Waals surface area contributed by atoms with Crippen LogP contribution in [0.25, 0.3) is 0 Å². The number of anilines is 2. The van der Waals surface area contributed by atoms with E-state index in [1.54, 1.807) is 21.9 Å². The Hall–Kier alpha value is -5.26. The van der Waals surface area contributed by atoms with Crippen molar-refractivity contribution >= 4 is 35.4 Å². The molecule has 3 aromatic rings. The van der Waals surface area contributed by atoms with E-state index in [0.717, 1.165) is 35.3 Å². The molecule has 12 heteroatoms. The zero-order valence-electron chi connectivity index (χ0n) is 30.3. The number of carbonyl (C=O) groups excluding carboxylic acids is 4. The van der Waals surface area contributed by atoms with Gasteiger partial charge in [0.25, 0.3) is 5.91 Å². The number of nitrogens with one attached hydrogen (secondary N) is 1. The summed E-state index contributed by atoms with van der Waals surface area (Å²) in [5.74, 6) is -0.402. The minimum atomic E-state index is -1.05. The Labute approximate surface area is 305 Å². The van der Waals surface area contributed by atoms with E-state index in [2.05, 4.69) is 10.2 Å². The van der Waals surface area contributed by atoms with Crippen LogP contribution in [0.2, 0.25) is 0 Å². The summed E-state index contributed by atoms with van der Waals surface area (Å²) in [5, 5.41) is 13.4. The molecular weight excluding hydrogens is 662 g/mol. The lowest BCUT2D eigenvalue weighted by atomic mass is 10.0. The Morgan fingerprint density at radius 2 is 1.56 bits per heavy atom. The highest BCUT2D eigenvalue weighted by Crippen LogP contribution is 2.27. The fourth-order valence-electron chi connectivity index (χ4n) is 7.33. The van der Waals surface area contributed by atoms with Crippen LogP contribution in [0, 0.1) is 13.8 Å². The maximum atomic E-state index is 14.1. The molecule has 6 rings (SSSR count). The van der Waals surface area contributed by atoms with Gasteiger partial charge < -0.3 is 39.5 Å². The van der Waals surface area contributed by atoms with Crippen LogP contribution in [-0.2, 0) is 27.1 Å². The van der Waals surface area contributed by atoms with Crippen LogP contribution in [0.15, 0.2) is 60.7 Å². The van der Waals surface area contributed by atoms with Crippen LogP contribution in [0.3, 0.4) is 0 Å². The summed E-state index contributed by atoms with van der Waals surface area (Å²) in [6, 6.07) is 18.6. The molecule has 0 radical (unpaired) electrons. The molecule has 2 N–H and O–H groups in total. The number of phenolic OH excluding ortho intramolecular Hbond substituents is 1. The Kier molecular flexibility index (Phi) is 11.5. The third-order valence-corrected chi connectivity index (χ3v) is 10.3. The molecule has 3 aliphatic rings. The fourth-order valence-corrected chi connectivity index (χ4v) is 7.33. The van der Waals surface area contributed by atoms with Crippen LogP contribution < -0.4 is 10.2 Å². The number of esters is 1. The molecule has 3 heterocycles. The molecule has 0 bridgehead atoms. The third-order valence-electron chi connectivity index (χ3n) is 10.3. The summed E-state index contributed by atoms with van der Waals surface area (Å²) >= 11 is 0. The van der Waals surface area contributed by atoms with E-state index in [-0.39, 0.29) is 36.1 Å². The van der Waals surface area contributed by atoms with Gasteiger partial charge in [0.15, 0.2) is 6.10 Å². The van der Waals surface area contributed by atoms with Crippen LogP contribution in [0.1, 0.15) is 58.8 Å². The van der Waals surface area contributed by atoms with E-state index in [0.29, 0.717) is 82.0 Å². The molecule has 1 atom stereocenters. The quantitative estimate of drug-likeness (QED) is 0.277. The van der Waals surface area contributed by atoms with Crippen molar-refractivity contribution in [2.24, 2.45) is 0 Å². The fraction of sp³-hybridized carbons (Fsp3) is 0.450. The van der Waals surface area contributed by atoms with Crippen molar-refractivity contribution in [3.05, 3.63) is 88.5 Å². The van der Waals surface area contributed by atoms with Gasteiger partial charge in [0.2, 0.25) is 0 Å². The lowest BCUT2D eigenvalue weighted by Gasteiger charge is -2.39. The van der Waals surface area contributed by atoms with Crippen molar-refractivity contribution in [2.75, 3.05) is 62.6 Å². The van der Waals surface area contributed by atoms with Crippen LogP contribution in [-0.4, -0.2) is 108 Å². The Morgan fingerprint density at radius 1 is 0.885 bits per heavy atom. The van der Waals surface area contributed by atoms with Crippen LogP contribution in [0.5, 0.6) is 5.75 Å². The first-order valence-electron chi connectivity index (χ1n) is 18.3. The van der Waals surface area contributed by atoms with Crippen molar-refractivity contribution in [3.63, 3.8) is 0 Å². The van der Waals surface area contributed by atoms with E-state index in [1.807, 2.05) is 74.2 Å². The molecule has 0 aliphatic carbocycles. The van der Waals surface area contributed by atoms with Gasteiger partial charge in [-0.2, -0.15) is 0 Å². The van der Waals surface area contributed by atoms with Gasteiger partial charge in [-0.05, 0) is 92.1 Å². The number of ether oxygens (including phenoxy) is 2. The summed E-state index contributed by atoms with van der Waals surface area (Å²) in [4.78, 5) is 60.5. The molecule has 3 aromatic carbocycles. The number of fused-ring (bicyclic) bond motifs is 1. The smallest absolute Gasteiger partial charge is 0.410 e. The topological polar surface area (TPSA) is 132 Å². The number of piperidine rings is 1. The van der Waals surface area contributed by atoms with Gasteiger partial charge >= 0.3 is 18.1 Å². The summed E-state index contributed by atoms with van der Waals surface area (Å²) in [6.45, 7) is 9.40. The Balaban J connectivity index is 1.08. The number of amides is 4. The second kappa shape index (κ2) is 16.4. The summed E-state index contributed by atoms with van der Waals surface area (Å²) in [6.07, 6.45) is 1.31. The summed E-state index contributed by atoms with van der Waals surface area (Å²) in [5.41, 5.74) is 5.56. The van der Waals surface area contributed by atoms with E-state index in [9.17, 15) is 24.3 Å². The first kappa shape index (κ1) is 36.5. The van der Waals surface area contributed by atoms with E-state index < -0.39 is 12.2 Å².